The second kappa shape index (κ2) is 9.48. The van der Waals surface area contributed by atoms with Gasteiger partial charge < -0.3 is 28.4 Å². The number of hydrogen-bond donors (Lipinski definition) is 1. The molecule has 0 radical (unpaired) electrons. The maximum Gasteiger partial charge on any atom is 0.358 e. The third kappa shape index (κ3) is 4.26. The van der Waals surface area contributed by atoms with E-state index in [1.165, 1.54) is 6.07 Å². The van der Waals surface area contributed by atoms with Gasteiger partial charge in [0.15, 0.2) is 17.2 Å². The van der Waals surface area contributed by atoms with E-state index in [1.54, 1.807) is 14.2 Å². The van der Waals surface area contributed by atoms with Gasteiger partial charge in [0.2, 0.25) is 0 Å². The van der Waals surface area contributed by atoms with E-state index >= 15 is 0 Å². The Balaban J connectivity index is 1.59. The van der Waals surface area contributed by atoms with Crippen molar-refractivity contribution in [3.05, 3.63) is 94.1 Å². The van der Waals surface area contributed by atoms with Crippen LogP contribution in [0.25, 0.3) is 5.69 Å². The number of methoxy groups -OCH3 is 2. The molecule has 1 aliphatic heterocycles. The van der Waals surface area contributed by atoms with Crippen LogP contribution in [-0.2, 0) is 11.2 Å². The molecular formula is C26H23ClN2O6. The third-order valence-electron chi connectivity index (χ3n) is 6.09. The van der Waals surface area contributed by atoms with Crippen LogP contribution in [0.5, 0.6) is 11.5 Å². The zero-order chi connectivity index (χ0) is 24.5. The first-order valence-electron chi connectivity index (χ1n) is 11.0. The maximum atomic E-state index is 11.2. The molecule has 0 saturated carbocycles. The van der Waals surface area contributed by atoms with E-state index in [0.717, 1.165) is 22.5 Å². The van der Waals surface area contributed by atoms with Crippen LogP contribution in [0.15, 0.2) is 65.3 Å². The van der Waals surface area contributed by atoms with Gasteiger partial charge in [0.05, 0.1) is 31.7 Å². The van der Waals surface area contributed by atoms with Gasteiger partial charge in [-0.2, -0.15) is 0 Å². The Morgan fingerprint density at radius 3 is 2.71 bits per heavy atom. The summed E-state index contributed by atoms with van der Waals surface area (Å²) in [4.78, 5) is 11.2. The summed E-state index contributed by atoms with van der Waals surface area (Å²) in [7, 11) is 3.19. The number of hydrogen-bond acceptors (Lipinski definition) is 6. The van der Waals surface area contributed by atoms with Crippen LogP contribution >= 0.6 is 11.6 Å². The van der Waals surface area contributed by atoms with Crippen LogP contribution in [0.4, 0.5) is 0 Å². The molecule has 0 unspecified atom stereocenters. The highest BCUT2D eigenvalue weighted by atomic mass is 35.5. The van der Waals surface area contributed by atoms with E-state index in [4.69, 9.17) is 35.4 Å². The van der Waals surface area contributed by atoms with Gasteiger partial charge in [0, 0.05) is 34.8 Å². The minimum absolute atomic E-state index is 0.119. The number of carbonyl (C=O) groups is 1. The molecule has 0 aliphatic carbocycles. The molecular weight excluding hydrogens is 472 g/mol. The molecule has 0 fully saturated rings. The summed E-state index contributed by atoms with van der Waals surface area (Å²) in [5.41, 5.74) is 3.47. The van der Waals surface area contributed by atoms with Gasteiger partial charge in [-0.15, -0.1) is 0 Å². The quantitative estimate of drug-likeness (QED) is 0.356. The first-order chi connectivity index (χ1) is 17.0. The summed E-state index contributed by atoms with van der Waals surface area (Å²) >= 11 is 6.43. The molecule has 5 rings (SSSR count). The summed E-state index contributed by atoms with van der Waals surface area (Å²) in [5, 5.41) is 13.4. The van der Waals surface area contributed by atoms with Crippen molar-refractivity contribution in [3.63, 3.8) is 0 Å². The van der Waals surface area contributed by atoms with Crippen LogP contribution in [0.3, 0.4) is 0 Å². The van der Waals surface area contributed by atoms with Crippen molar-refractivity contribution in [3.8, 4) is 17.2 Å². The van der Waals surface area contributed by atoms with Gasteiger partial charge in [-0.05, 0) is 42.8 Å². The largest absolute Gasteiger partial charge is 0.493 e. The molecule has 0 amide bonds. The number of benzene rings is 2. The minimum Gasteiger partial charge on any atom is -0.493 e. The summed E-state index contributed by atoms with van der Waals surface area (Å²) in [6, 6.07) is 16.8. The fraction of sp³-hybridized carbons (Fsp3) is 0.231. The van der Waals surface area contributed by atoms with E-state index in [1.807, 2.05) is 54.7 Å². The number of halogens is 1. The van der Waals surface area contributed by atoms with Crippen molar-refractivity contribution in [2.24, 2.45) is 0 Å². The minimum atomic E-state index is -1.13. The van der Waals surface area contributed by atoms with Crippen LogP contribution in [0.1, 0.15) is 51.7 Å². The SMILES string of the molecule is COc1cccc([C@H]2O[C@H](CCc3cc(C(=O)O)no3)c3cccn3-c3ccc(Cl)cc32)c1OC. The Morgan fingerprint density at radius 1 is 1.11 bits per heavy atom. The van der Waals surface area contributed by atoms with E-state index in [9.17, 15) is 4.79 Å². The molecule has 0 saturated heterocycles. The Bertz CT molecular complexity index is 1380. The number of rotatable bonds is 7. The van der Waals surface area contributed by atoms with E-state index < -0.39 is 12.1 Å². The van der Waals surface area contributed by atoms with Crippen molar-refractivity contribution in [2.75, 3.05) is 14.2 Å². The Hall–Kier alpha value is -3.75. The standard InChI is InChI=1S/C26H23ClN2O6/c1-32-23-7-3-5-17(25(23)33-2)24-18-13-15(27)8-10-20(18)29-12-4-6-21(29)22(34-24)11-9-16-14-19(26(30)31)28-35-16/h3-8,10,12-14,22,24H,9,11H2,1-2H3,(H,30,31)/t22-,24-/m1/s1. The molecule has 1 N–H and O–H groups in total. The molecule has 9 heteroatoms. The Labute approximate surface area is 206 Å². The number of aromatic carboxylic acids is 1. The van der Waals surface area contributed by atoms with Gasteiger partial charge in [0.1, 0.15) is 11.9 Å². The Kier molecular flexibility index (Phi) is 6.23. The Morgan fingerprint density at radius 2 is 1.97 bits per heavy atom. The van der Waals surface area contributed by atoms with Crippen molar-refractivity contribution in [1.29, 1.82) is 0 Å². The predicted molar refractivity (Wildman–Crippen MR) is 128 cm³/mol. The second-order valence-electron chi connectivity index (χ2n) is 8.12. The molecule has 2 aromatic heterocycles. The van der Waals surface area contributed by atoms with Crippen LogP contribution in [0.2, 0.25) is 5.02 Å². The fourth-order valence-corrected chi connectivity index (χ4v) is 4.70. The molecule has 2 atom stereocenters. The lowest BCUT2D eigenvalue weighted by Crippen LogP contribution is -2.12. The number of para-hydroxylation sites is 1. The number of carboxylic acids is 1. The number of carboxylic acid groups (broad SMARTS) is 1. The summed E-state index contributed by atoms with van der Waals surface area (Å²) in [6.45, 7) is 0. The monoisotopic (exact) mass is 494 g/mol. The number of nitrogens with zero attached hydrogens (tertiary/aromatic N) is 2. The van der Waals surface area contributed by atoms with Gasteiger partial charge in [-0.25, -0.2) is 4.79 Å². The van der Waals surface area contributed by atoms with Gasteiger partial charge in [0.25, 0.3) is 0 Å². The van der Waals surface area contributed by atoms with Crippen molar-refractivity contribution in [1.82, 2.24) is 9.72 Å². The average molecular weight is 495 g/mol. The molecule has 3 heterocycles. The average Bonchev–Trinajstić information content (AvgIpc) is 3.52. The van der Waals surface area contributed by atoms with Gasteiger partial charge in [-0.3, -0.25) is 0 Å². The van der Waals surface area contributed by atoms with Crippen molar-refractivity contribution in [2.45, 2.75) is 25.0 Å². The first-order valence-corrected chi connectivity index (χ1v) is 11.4. The predicted octanol–water partition coefficient (Wildman–Crippen LogP) is 5.63. The van der Waals surface area contributed by atoms with Crippen LogP contribution < -0.4 is 9.47 Å². The number of ether oxygens (including phenoxy) is 3. The number of aromatic nitrogens is 2. The smallest absolute Gasteiger partial charge is 0.358 e. The highest BCUT2D eigenvalue weighted by Crippen LogP contribution is 2.46. The second-order valence-corrected chi connectivity index (χ2v) is 8.55. The molecule has 180 valence electrons. The number of fused-ring (bicyclic) bond motifs is 3. The van der Waals surface area contributed by atoms with Crippen LogP contribution in [0, 0.1) is 0 Å². The topological polar surface area (TPSA) is 96.0 Å². The molecule has 0 spiro atoms. The fourth-order valence-electron chi connectivity index (χ4n) is 4.52. The van der Waals surface area contributed by atoms with Gasteiger partial charge >= 0.3 is 5.97 Å². The lowest BCUT2D eigenvalue weighted by Gasteiger charge is -2.25. The first kappa shape index (κ1) is 23.0. The molecule has 4 aromatic rings. The molecule has 35 heavy (non-hydrogen) atoms. The highest BCUT2D eigenvalue weighted by Gasteiger charge is 2.33. The highest BCUT2D eigenvalue weighted by molar-refractivity contribution is 6.30. The summed E-state index contributed by atoms with van der Waals surface area (Å²) in [5.74, 6) is 0.527. The van der Waals surface area contributed by atoms with Crippen LogP contribution in [-0.4, -0.2) is 35.0 Å². The molecule has 2 aromatic carbocycles. The van der Waals surface area contributed by atoms with Gasteiger partial charge in [-0.1, -0.05) is 28.9 Å². The summed E-state index contributed by atoms with van der Waals surface area (Å²) < 4.78 is 25.4. The summed E-state index contributed by atoms with van der Waals surface area (Å²) in [6.07, 6.45) is 2.09. The zero-order valence-electron chi connectivity index (χ0n) is 19.1. The molecule has 0 bridgehead atoms. The maximum absolute atomic E-state index is 11.2. The molecule has 1 aliphatic rings. The third-order valence-corrected chi connectivity index (χ3v) is 6.32. The number of aryl methyl sites for hydroxylation is 1. The van der Waals surface area contributed by atoms with E-state index in [2.05, 4.69) is 9.72 Å². The van der Waals surface area contributed by atoms with E-state index in [0.29, 0.717) is 35.1 Å². The normalized spacial score (nSPS) is 16.8. The van der Waals surface area contributed by atoms with E-state index in [-0.39, 0.29) is 11.8 Å². The lowest BCUT2D eigenvalue weighted by molar-refractivity contribution is 0.000494. The van der Waals surface area contributed by atoms with Crippen molar-refractivity contribution >= 4 is 17.6 Å². The lowest BCUT2D eigenvalue weighted by atomic mass is 9.98. The molecule has 8 nitrogen and oxygen atoms in total. The van der Waals surface area contributed by atoms with Crippen molar-refractivity contribution < 1.29 is 28.6 Å². The zero-order valence-corrected chi connectivity index (χ0v) is 19.9.